The maximum Gasteiger partial charge on any atom is 0.322 e. The summed E-state index contributed by atoms with van der Waals surface area (Å²) < 4.78 is 10.3. The van der Waals surface area contributed by atoms with Crippen LogP contribution in [0.2, 0.25) is 0 Å². The van der Waals surface area contributed by atoms with Gasteiger partial charge in [-0.3, -0.25) is 9.69 Å². The van der Waals surface area contributed by atoms with Crippen LogP contribution in [0.4, 0.5) is 0 Å². The van der Waals surface area contributed by atoms with Crippen molar-refractivity contribution in [2.45, 2.75) is 38.8 Å². The van der Waals surface area contributed by atoms with E-state index < -0.39 is 0 Å². The summed E-state index contributed by atoms with van der Waals surface area (Å²) in [5, 5.41) is 3.24. The van der Waals surface area contributed by atoms with Crippen LogP contribution in [-0.4, -0.2) is 62.9 Å². The molecule has 0 aromatic carbocycles. The van der Waals surface area contributed by atoms with Gasteiger partial charge >= 0.3 is 5.97 Å². The number of rotatable bonds is 7. The molecule has 0 amide bonds. The van der Waals surface area contributed by atoms with E-state index in [-0.39, 0.29) is 12.0 Å². The van der Waals surface area contributed by atoms with Gasteiger partial charge in [0.2, 0.25) is 0 Å². The fourth-order valence-corrected chi connectivity index (χ4v) is 2.17. The second-order valence-electron chi connectivity index (χ2n) is 4.80. The van der Waals surface area contributed by atoms with E-state index in [2.05, 4.69) is 24.1 Å². The van der Waals surface area contributed by atoms with Gasteiger partial charge in [-0.2, -0.15) is 0 Å². The fourth-order valence-electron chi connectivity index (χ4n) is 2.17. The standard InChI is InChI=1S/C13H26N2O3/c1-4-6-14-12(13(16)17-3)5-7-15-8-9-18-11(2)10-15/h11-12,14H,4-10H2,1-3H3. The Balaban J connectivity index is 2.33. The highest BCUT2D eigenvalue weighted by Gasteiger charge is 2.21. The molecule has 5 nitrogen and oxygen atoms in total. The first-order valence-electron chi connectivity index (χ1n) is 6.82. The summed E-state index contributed by atoms with van der Waals surface area (Å²) in [6.07, 6.45) is 2.10. The Morgan fingerprint density at radius 2 is 2.39 bits per heavy atom. The monoisotopic (exact) mass is 258 g/mol. The first-order valence-corrected chi connectivity index (χ1v) is 6.82. The highest BCUT2D eigenvalue weighted by atomic mass is 16.5. The second kappa shape index (κ2) is 8.45. The Kier molecular flexibility index (Phi) is 7.23. The van der Waals surface area contributed by atoms with Crippen molar-refractivity contribution in [1.82, 2.24) is 10.2 Å². The van der Waals surface area contributed by atoms with E-state index in [1.54, 1.807) is 0 Å². The molecular formula is C13H26N2O3. The van der Waals surface area contributed by atoms with E-state index in [0.717, 1.165) is 45.6 Å². The van der Waals surface area contributed by atoms with Crippen molar-refractivity contribution < 1.29 is 14.3 Å². The van der Waals surface area contributed by atoms with Gasteiger partial charge in [0.15, 0.2) is 0 Å². The number of ether oxygens (including phenoxy) is 2. The number of carbonyl (C=O) groups excluding carboxylic acids is 1. The van der Waals surface area contributed by atoms with Crippen LogP contribution in [0.15, 0.2) is 0 Å². The van der Waals surface area contributed by atoms with Gasteiger partial charge in [-0.05, 0) is 26.3 Å². The Hall–Kier alpha value is -0.650. The van der Waals surface area contributed by atoms with Crippen molar-refractivity contribution in [2.75, 3.05) is 39.9 Å². The average molecular weight is 258 g/mol. The molecular weight excluding hydrogens is 232 g/mol. The SMILES string of the molecule is CCCNC(CCN1CCOC(C)C1)C(=O)OC. The van der Waals surface area contributed by atoms with Crippen LogP contribution < -0.4 is 5.32 Å². The topological polar surface area (TPSA) is 50.8 Å². The molecule has 18 heavy (non-hydrogen) atoms. The third-order valence-corrected chi connectivity index (χ3v) is 3.19. The number of methoxy groups -OCH3 is 1. The molecule has 1 aliphatic rings. The Morgan fingerprint density at radius 1 is 1.61 bits per heavy atom. The molecule has 2 unspecified atom stereocenters. The maximum absolute atomic E-state index is 11.6. The molecule has 1 saturated heterocycles. The van der Waals surface area contributed by atoms with Crippen LogP contribution >= 0.6 is 0 Å². The van der Waals surface area contributed by atoms with E-state index >= 15 is 0 Å². The van der Waals surface area contributed by atoms with Gasteiger partial charge in [0.25, 0.3) is 0 Å². The molecule has 0 bridgehead atoms. The lowest BCUT2D eigenvalue weighted by Gasteiger charge is -2.31. The minimum atomic E-state index is -0.187. The highest BCUT2D eigenvalue weighted by Crippen LogP contribution is 2.06. The zero-order chi connectivity index (χ0) is 13.4. The van der Waals surface area contributed by atoms with Gasteiger partial charge in [0.05, 0.1) is 19.8 Å². The lowest BCUT2D eigenvalue weighted by atomic mass is 10.1. The van der Waals surface area contributed by atoms with E-state index in [1.165, 1.54) is 7.11 Å². The number of hydrogen-bond donors (Lipinski definition) is 1. The van der Waals surface area contributed by atoms with Crippen LogP contribution in [0.5, 0.6) is 0 Å². The number of nitrogens with zero attached hydrogens (tertiary/aromatic N) is 1. The molecule has 1 rings (SSSR count). The van der Waals surface area contributed by atoms with E-state index in [1.807, 2.05) is 0 Å². The summed E-state index contributed by atoms with van der Waals surface area (Å²) in [6, 6.07) is -0.187. The molecule has 1 aliphatic heterocycles. The van der Waals surface area contributed by atoms with Gasteiger partial charge < -0.3 is 14.8 Å². The highest BCUT2D eigenvalue weighted by molar-refractivity contribution is 5.75. The summed E-state index contributed by atoms with van der Waals surface area (Å²) in [4.78, 5) is 14.0. The van der Waals surface area contributed by atoms with Crippen molar-refractivity contribution in [2.24, 2.45) is 0 Å². The summed E-state index contributed by atoms with van der Waals surface area (Å²) in [6.45, 7) is 8.61. The second-order valence-corrected chi connectivity index (χ2v) is 4.80. The van der Waals surface area contributed by atoms with Crippen LogP contribution in [-0.2, 0) is 14.3 Å². The quantitative estimate of drug-likeness (QED) is 0.679. The molecule has 1 fully saturated rings. The summed E-state index contributed by atoms with van der Waals surface area (Å²) in [5.41, 5.74) is 0. The van der Waals surface area contributed by atoms with Crippen molar-refractivity contribution in [3.8, 4) is 0 Å². The molecule has 1 N–H and O–H groups in total. The largest absolute Gasteiger partial charge is 0.468 e. The van der Waals surface area contributed by atoms with Gasteiger partial charge in [0.1, 0.15) is 6.04 Å². The van der Waals surface area contributed by atoms with E-state index in [4.69, 9.17) is 9.47 Å². The lowest BCUT2D eigenvalue weighted by Crippen LogP contribution is -2.45. The number of morpholine rings is 1. The molecule has 1 heterocycles. The Labute approximate surface area is 110 Å². The van der Waals surface area contributed by atoms with Gasteiger partial charge in [-0.25, -0.2) is 0 Å². The third-order valence-electron chi connectivity index (χ3n) is 3.19. The van der Waals surface area contributed by atoms with Crippen LogP contribution in [0.3, 0.4) is 0 Å². The predicted octanol–water partition coefficient (Wildman–Crippen LogP) is 0.638. The average Bonchev–Trinajstić information content (AvgIpc) is 2.38. The number of carbonyl (C=O) groups is 1. The lowest BCUT2D eigenvalue weighted by molar-refractivity contribution is -0.143. The van der Waals surface area contributed by atoms with Gasteiger partial charge in [-0.1, -0.05) is 6.92 Å². The summed E-state index contributed by atoms with van der Waals surface area (Å²) in [5.74, 6) is -0.162. The molecule has 0 radical (unpaired) electrons. The third kappa shape index (κ3) is 5.33. The first-order chi connectivity index (χ1) is 8.67. The van der Waals surface area contributed by atoms with Gasteiger partial charge in [-0.15, -0.1) is 0 Å². The van der Waals surface area contributed by atoms with Crippen molar-refractivity contribution >= 4 is 5.97 Å². The van der Waals surface area contributed by atoms with Crippen molar-refractivity contribution in [3.63, 3.8) is 0 Å². The van der Waals surface area contributed by atoms with Crippen LogP contribution in [0, 0.1) is 0 Å². The normalized spacial score (nSPS) is 22.7. The van der Waals surface area contributed by atoms with Gasteiger partial charge in [0, 0.05) is 19.6 Å². The Bertz CT molecular complexity index is 248. The van der Waals surface area contributed by atoms with Crippen LogP contribution in [0.1, 0.15) is 26.7 Å². The molecule has 5 heteroatoms. The first kappa shape index (κ1) is 15.4. The summed E-state index contributed by atoms with van der Waals surface area (Å²) >= 11 is 0. The van der Waals surface area contributed by atoms with Crippen molar-refractivity contribution in [3.05, 3.63) is 0 Å². The molecule has 2 atom stereocenters. The Morgan fingerprint density at radius 3 is 3.00 bits per heavy atom. The van der Waals surface area contributed by atoms with Crippen LogP contribution in [0.25, 0.3) is 0 Å². The number of hydrogen-bond acceptors (Lipinski definition) is 5. The maximum atomic E-state index is 11.6. The molecule has 0 aromatic rings. The van der Waals surface area contributed by atoms with E-state index in [9.17, 15) is 4.79 Å². The number of esters is 1. The number of nitrogens with one attached hydrogen (secondary N) is 1. The zero-order valence-electron chi connectivity index (χ0n) is 11.8. The zero-order valence-corrected chi connectivity index (χ0v) is 11.8. The van der Waals surface area contributed by atoms with Crippen molar-refractivity contribution in [1.29, 1.82) is 0 Å². The predicted molar refractivity (Wildman–Crippen MR) is 70.6 cm³/mol. The molecule has 0 aliphatic carbocycles. The fraction of sp³-hybridized carbons (Fsp3) is 0.923. The minimum Gasteiger partial charge on any atom is -0.468 e. The smallest absolute Gasteiger partial charge is 0.322 e. The molecule has 0 aromatic heterocycles. The minimum absolute atomic E-state index is 0.162. The van der Waals surface area contributed by atoms with E-state index in [0.29, 0.717) is 6.10 Å². The molecule has 0 spiro atoms. The summed E-state index contributed by atoms with van der Waals surface area (Å²) in [7, 11) is 1.44. The molecule has 0 saturated carbocycles. The molecule has 106 valence electrons.